The second kappa shape index (κ2) is 7.65. The summed E-state index contributed by atoms with van der Waals surface area (Å²) in [7, 11) is 0. The molecule has 0 aliphatic carbocycles. The van der Waals surface area contributed by atoms with Gasteiger partial charge in [0, 0.05) is 15.8 Å². The van der Waals surface area contributed by atoms with E-state index in [2.05, 4.69) is 30.3 Å². The number of aryl methyl sites for hydroxylation is 2. The van der Waals surface area contributed by atoms with Crippen LogP contribution in [0.3, 0.4) is 0 Å². The quantitative estimate of drug-likeness (QED) is 0.604. The number of benzene rings is 1. The predicted molar refractivity (Wildman–Crippen MR) is 84.1 cm³/mol. The molecule has 20 heavy (non-hydrogen) atoms. The molecular formula is C17H18O2S. The Labute approximate surface area is 123 Å². The Kier molecular flexibility index (Phi) is 5.56. The maximum Gasteiger partial charge on any atom is 0.328 e. The number of rotatable bonds is 7. The summed E-state index contributed by atoms with van der Waals surface area (Å²) in [6.45, 7) is 0. The van der Waals surface area contributed by atoms with Crippen LogP contribution >= 0.6 is 11.3 Å². The SMILES string of the molecule is O=C(O)C=Cc1ccc(CCCCc2ccccc2)s1. The molecule has 1 aromatic carbocycles. The first kappa shape index (κ1) is 14.5. The van der Waals surface area contributed by atoms with Gasteiger partial charge in [-0.25, -0.2) is 4.79 Å². The highest BCUT2D eigenvalue weighted by molar-refractivity contribution is 7.12. The lowest BCUT2D eigenvalue weighted by molar-refractivity contribution is -0.131. The van der Waals surface area contributed by atoms with Crippen molar-refractivity contribution in [3.8, 4) is 0 Å². The third-order valence-electron chi connectivity index (χ3n) is 3.05. The molecule has 1 heterocycles. The highest BCUT2D eigenvalue weighted by atomic mass is 32.1. The molecule has 3 heteroatoms. The molecule has 0 bridgehead atoms. The van der Waals surface area contributed by atoms with Gasteiger partial charge in [0.1, 0.15) is 0 Å². The summed E-state index contributed by atoms with van der Waals surface area (Å²) < 4.78 is 0. The minimum absolute atomic E-state index is 0.900. The molecular weight excluding hydrogens is 268 g/mol. The molecule has 0 spiro atoms. The Morgan fingerprint density at radius 2 is 1.80 bits per heavy atom. The van der Waals surface area contributed by atoms with Gasteiger partial charge < -0.3 is 5.11 Å². The molecule has 0 aliphatic rings. The number of unbranched alkanes of at least 4 members (excludes halogenated alkanes) is 1. The fourth-order valence-electron chi connectivity index (χ4n) is 2.04. The lowest BCUT2D eigenvalue weighted by Gasteiger charge is -2.00. The Morgan fingerprint density at radius 3 is 2.55 bits per heavy atom. The van der Waals surface area contributed by atoms with Crippen molar-refractivity contribution in [1.29, 1.82) is 0 Å². The zero-order valence-electron chi connectivity index (χ0n) is 11.3. The molecule has 104 valence electrons. The number of carboxylic acids is 1. The highest BCUT2D eigenvalue weighted by Crippen LogP contribution is 2.20. The molecule has 0 radical (unpaired) electrons. The monoisotopic (exact) mass is 286 g/mol. The molecule has 2 nitrogen and oxygen atoms in total. The summed E-state index contributed by atoms with van der Waals surface area (Å²) in [6.07, 6.45) is 7.38. The van der Waals surface area contributed by atoms with Crippen LogP contribution in [0.5, 0.6) is 0 Å². The molecule has 1 N–H and O–H groups in total. The lowest BCUT2D eigenvalue weighted by Crippen LogP contribution is -1.87. The zero-order valence-corrected chi connectivity index (χ0v) is 12.1. The van der Waals surface area contributed by atoms with Gasteiger partial charge in [0.15, 0.2) is 0 Å². The third-order valence-corrected chi connectivity index (χ3v) is 4.16. The van der Waals surface area contributed by atoms with Gasteiger partial charge in [-0.05, 0) is 49.5 Å². The maximum atomic E-state index is 10.4. The standard InChI is InChI=1S/C17H18O2S/c18-17(19)13-12-16-11-10-15(20-16)9-5-4-8-14-6-2-1-3-7-14/h1-3,6-7,10-13H,4-5,8-9H2,(H,18,19). The molecule has 2 aromatic rings. The van der Waals surface area contributed by atoms with Crippen LogP contribution in [0, 0.1) is 0 Å². The molecule has 0 unspecified atom stereocenters. The summed E-state index contributed by atoms with van der Waals surface area (Å²) in [5.41, 5.74) is 1.39. The minimum Gasteiger partial charge on any atom is -0.478 e. The van der Waals surface area contributed by atoms with Crippen LogP contribution < -0.4 is 0 Å². The second-order valence-corrected chi connectivity index (χ2v) is 5.87. The lowest BCUT2D eigenvalue weighted by atomic mass is 10.1. The summed E-state index contributed by atoms with van der Waals surface area (Å²) in [6, 6.07) is 14.6. The van der Waals surface area contributed by atoms with Crippen molar-refractivity contribution in [2.45, 2.75) is 25.7 Å². The normalized spacial score (nSPS) is 11.0. The van der Waals surface area contributed by atoms with Crippen LogP contribution in [-0.4, -0.2) is 11.1 Å². The van der Waals surface area contributed by atoms with Crippen molar-refractivity contribution in [2.75, 3.05) is 0 Å². The van der Waals surface area contributed by atoms with E-state index in [1.807, 2.05) is 12.1 Å². The van der Waals surface area contributed by atoms with Gasteiger partial charge in [-0.15, -0.1) is 11.3 Å². The van der Waals surface area contributed by atoms with E-state index in [1.54, 1.807) is 17.4 Å². The van der Waals surface area contributed by atoms with Gasteiger partial charge in [0.05, 0.1) is 0 Å². The van der Waals surface area contributed by atoms with E-state index in [1.165, 1.54) is 22.9 Å². The summed E-state index contributed by atoms with van der Waals surface area (Å²) in [5.74, 6) is -0.900. The third kappa shape index (κ3) is 5.02. The van der Waals surface area contributed by atoms with E-state index in [0.717, 1.165) is 24.1 Å². The molecule has 1 aromatic heterocycles. The van der Waals surface area contributed by atoms with Gasteiger partial charge in [-0.1, -0.05) is 30.3 Å². The van der Waals surface area contributed by atoms with Crippen LogP contribution in [0.25, 0.3) is 6.08 Å². The predicted octanol–water partition coefficient (Wildman–Crippen LogP) is 4.41. The van der Waals surface area contributed by atoms with E-state index in [9.17, 15) is 4.79 Å². The Morgan fingerprint density at radius 1 is 1.05 bits per heavy atom. The molecule has 0 atom stereocenters. The van der Waals surface area contributed by atoms with Crippen molar-refractivity contribution in [1.82, 2.24) is 0 Å². The summed E-state index contributed by atoms with van der Waals surface area (Å²) in [4.78, 5) is 12.8. The van der Waals surface area contributed by atoms with Crippen molar-refractivity contribution in [3.63, 3.8) is 0 Å². The topological polar surface area (TPSA) is 37.3 Å². The average molecular weight is 286 g/mol. The van der Waals surface area contributed by atoms with Crippen LogP contribution in [0.2, 0.25) is 0 Å². The Hall–Kier alpha value is -1.87. The van der Waals surface area contributed by atoms with Crippen molar-refractivity contribution in [2.24, 2.45) is 0 Å². The molecule has 0 fully saturated rings. The molecule has 0 saturated carbocycles. The maximum absolute atomic E-state index is 10.4. The largest absolute Gasteiger partial charge is 0.478 e. The van der Waals surface area contributed by atoms with E-state index < -0.39 is 5.97 Å². The highest BCUT2D eigenvalue weighted by Gasteiger charge is 1.99. The van der Waals surface area contributed by atoms with Crippen molar-refractivity contribution in [3.05, 3.63) is 63.9 Å². The van der Waals surface area contributed by atoms with Gasteiger partial charge in [0.2, 0.25) is 0 Å². The number of hydrogen-bond donors (Lipinski definition) is 1. The molecule has 2 rings (SSSR count). The van der Waals surface area contributed by atoms with E-state index in [0.29, 0.717) is 0 Å². The van der Waals surface area contributed by atoms with Crippen LogP contribution in [0.15, 0.2) is 48.5 Å². The van der Waals surface area contributed by atoms with Crippen LogP contribution in [-0.2, 0) is 17.6 Å². The van der Waals surface area contributed by atoms with Gasteiger partial charge in [0.25, 0.3) is 0 Å². The van der Waals surface area contributed by atoms with E-state index >= 15 is 0 Å². The fraction of sp³-hybridized carbons (Fsp3) is 0.235. The number of aliphatic carboxylic acids is 1. The average Bonchev–Trinajstić information content (AvgIpc) is 2.90. The smallest absolute Gasteiger partial charge is 0.328 e. The molecule has 0 saturated heterocycles. The van der Waals surface area contributed by atoms with E-state index in [4.69, 9.17) is 5.11 Å². The van der Waals surface area contributed by atoms with Crippen molar-refractivity contribution >= 4 is 23.4 Å². The van der Waals surface area contributed by atoms with Gasteiger partial charge in [-0.3, -0.25) is 0 Å². The number of hydrogen-bond acceptors (Lipinski definition) is 2. The second-order valence-electron chi connectivity index (χ2n) is 4.67. The van der Waals surface area contributed by atoms with Crippen LogP contribution in [0.1, 0.15) is 28.2 Å². The van der Waals surface area contributed by atoms with Crippen LogP contribution in [0.4, 0.5) is 0 Å². The Balaban J connectivity index is 1.73. The fourth-order valence-corrected chi connectivity index (χ4v) is 3.00. The summed E-state index contributed by atoms with van der Waals surface area (Å²) in [5, 5.41) is 8.58. The number of thiophene rings is 1. The first-order chi connectivity index (χ1) is 9.74. The number of carboxylic acid groups (broad SMARTS) is 1. The minimum atomic E-state index is -0.900. The first-order valence-corrected chi connectivity index (χ1v) is 7.59. The molecule has 0 amide bonds. The number of carbonyl (C=O) groups is 1. The summed E-state index contributed by atoms with van der Waals surface area (Å²) >= 11 is 1.67. The molecule has 0 aliphatic heterocycles. The first-order valence-electron chi connectivity index (χ1n) is 6.78. The van der Waals surface area contributed by atoms with Gasteiger partial charge in [-0.2, -0.15) is 0 Å². The van der Waals surface area contributed by atoms with E-state index in [-0.39, 0.29) is 0 Å². The van der Waals surface area contributed by atoms with Crippen molar-refractivity contribution < 1.29 is 9.90 Å². The Bertz CT molecular complexity index is 570. The van der Waals surface area contributed by atoms with Gasteiger partial charge >= 0.3 is 5.97 Å². The zero-order chi connectivity index (χ0) is 14.2.